The molecule has 24 heavy (non-hydrogen) atoms. The van der Waals surface area contributed by atoms with Crippen molar-refractivity contribution < 1.29 is 5.11 Å². The number of aliphatic hydroxyl groups excluding tert-OH is 1. The van der Waals surface area contributed by atoms with E-state index in [9.17, 15) is 5.11 Å². The second kappa shape index (κ2) is 8.13. The molecule has 0 fully saturated rings. The number of benzene rings is 2. The smallest absolute Gasteiger partial charge is 0.224 e. The number of hydrogen-bond acceptors (Lipinski definition) is 5. The summed E-state index contributed by atoms with van der Waals surface area (Å²) in [6.07, 6.45) is 2.74. The summed E-state index contributed by atoms with van der Waals surface area (Å²) in [6, 6.07) is 18.4. The highest BCUT2D eigenvalue weighted by atomic mass is 32.2. The minimum Gasteiger partial charge on any atom is -0.396 e. The first-order valence-electron chi connectivity index (χ1n) is 8.00. The molecule has 5 heteroatoms. The molecule has 0 aliphatic carbocycles. The molecular weight excluding hydrogens is 318 g/mol. The lowest BCUT2D eigenvalue weighted by Crippen LogP contribution is -2.25. The Morgan fingerprint density at radius 2 is 1.79 bits per heavy atom. The third kappa shape index (κ3) is 3.86. The van der Waals surface area contributed by atoms with Gasteiger partial charge in [-0.25, -0.2) is 9.97 Å². The number of hydrogen-bond donors (Lipinski definition) is 2. The third-order valence-electron chi connectivity index (χ3n) is 3.83. The van der Waals surface area contributed by atoms with E-state index in [4.69, 9.17) is 4.98 Å². The van der Waals surface area contributed by atoms with E-state index >= 15 is 0 Å². The highest BCUT2D eigenvalue weighted by Gasteiger charge is 2.13. The van der Waals surface area contributed by atoms with Crippen molar-refractivity contribution >= 4 is 28.6 Å². The molecule has 3 rings (SSSR count). The van der Waals surface area contributed by atoms with Crippen molar-refractivity contribution in [2.24, 2.45) is 0 Å². The molecule has 2 N–H and O–H groups in total. The largest absolute Gasteiger partial charge is 0.396 e. The fraction of sp³-hybridized carbons (Fsp3) is 0.263. The van der Waals surface area contributed by atoms with Crippen LogP contribution in [0.1, 0.15) is 6.42 Å². The van der Waals surface area contributed by atoms with E-state index < -0.39 is 0 Å². The number of rotatable bonds is 7. The Labute approximate surface area is 146 Å². The number of nitrogens with zero attached hydrogens (tertiary/aromatic N) is 2. The van der Waals surface area contributed by atoms with Gasteiger partial charge in [0, 0.05) is 29.4 Å². The maximum absolute atomic E-state index is 9.26. The van der Waals surface area contributed by atoms with E-state index in [0.717, 1.165) is 27.9 Å². The van der Waals surface area contributed by atoms with Gasteiger partial charge in [0.05, 0.1) is 11.2 Å². The monoisotopic (exact) mass is 339 g/mol. The van der Waals surface area contributed by atoms with E-state index in [2.05, 4.69) is 34.8 Å². The second-order valence-electron chi connectivity index (χ2n) is 5.59. The lowest BCUT2D eigenvalue weighted by Gasteiger charge is -2.18. The lowest BCUT2D eigenvalue weighted by atomic mass is 10.1. The first-order chi connectivity index (χ1) is 11.8. The van der Waals surface area contributed by atoms with Gasteiger partial charge in [0.25, 0.3) is 0 Å². The van der Waals surface area contributed by atoms with Crippen molar-refractivity contribution in [3.63, 3.8) is 0 Å². The van der Waals surface area contributed by atoms with Gasteiger partial charge in [0.1, 0.15) is 0 Å². The molecule has 0 aliphatic rings. The normalized spacial score (nSPS) is 12.2. The van der Waals surface area contributed by atoms with E-state index in [1.54, 1.807) is 11.8 Å². The van der Waals surface area contributed by atoms with Crippen LogP contribution in [0, 0.1) is 0 Å². The Kier molecular flexibility index (Phi) is 5.67. The van der Waals surface area contributed by atoms with Crippen LogP contribution in [0.3, 0.4) is 0 Å². The summed E-state index contributed by atoms with van der Waals surface area (Å²) in [5.74, 6) is 1.51. The number of nitrogens with one attached hydrogen (secondary N) is 1. The fourth-order valence-corrected chi connectivity index (χ4v) is 3.35. The highest BCUT2D eigenvalue weighted by Crippen LogP contribution is 2.27. The van der Waals surface area contributed by atoms with Gasteiger partial charge in [-0.05, 0) is 18.7 Å². The molecule has 0 radical (unpaired) electrons. The standard InChI is InChI=1S/C19H21N3OS/c1-24-13-15(11-12-23)20-19-21-17-10-6-5-9-16(17)18(22-19)14-7-3-2-4-8-14/h2-10,15,23H,11-13H2,1H3,(H,20,21,22). The number of aliphatic hydroxyl groups is 1. The van der Waals surface area contributed by atoms with Crippen LogP contribution in [0.4, 0.5) is 5.95 Å². The molecule has 0 saturated heterocycles. The molecule has 124 valence electrons. The molecular formula is C19H21N3OS. The van der Waals surface area contributed by atoms with Gasteiger partial charge >= 0.3 is 0 Å². The van der Waals surface area contributed by atoms with Crippen molar-refractivity contribution in [2.45, 2.75) is 12.5 Å². The maximum Gasteiger partial charge on any atom is 0.224 e. The van der Waals surface area contributed by atoms with Gasteiger partial charge < -0.3 is 10.4 Å². The Morgan fingerprint density at radius 3 is 2.54 bits per heavy atom. The first kappa shape index (κ1) is 16.7. The zero-order valence-electron chi connectivity index (χ0n) is 13.6. The summed E-state index contributed by atoms with van der Waals surface area (Å²) < 4.78 is 0. The maximum atomic E-state index is 9.26. The molecule has 0 bridgehead atoms. The highest BCUT2D eigenvalue weighted by molar-refractivity contribution is 7.98. The molecule has 3 aromatic rings. The molecule has 0 aliphatic heterocycles. The van der Waals surface area contributed by atoms with Crippen LogP contribution in [-0.4, -0.2) is 39.7 Å². The van der Waals surface area contributed by atoms with Crippen molar-refractivity contribution in [1.29, 1.82) is 0 Å². The summed E-state index contributed by atoms with van der Waals surface area (Å²) in [4.78, 5) is 9.41. The second-order valence-corrected chi connectivity index (χ2v) is 6.50. The van der Waals surface area contributed by atoms with Crippen LogP contribution >= 0.6 is 11.8 Å². The molecule has 0 amide bonds. The summed E-state index contributed by atoms with van der Waals surface area (Å²) in [6.45, 7) is 0.150. The minimum atomic E-state index is 0.148. The van der Waals surface area contributed by atoms with E-state index in [1.807, 2.05) is 36.4 Å². The van der Waals surface area contributed by atoms with E-state index in [-0.39, 0.29) is 12.6 Å². The van der Waals surface area contributed by atoms with Gasteiger partial charge in [0.2, 0.25) is 5.95 Å². The Hall–Kier alpha value is -2.11. The van der Waals surface area contributed by atoms with Crippen LogP contribution in [0.25, 0.3) is 22.2 Å². The number of para-hydroxylation sites is 1. The topological polar surface area (TPSA) is 58.0 Å². The third-order valence-corrected chi connectivity index (χ3v) is 4.56. The summed E-state index contributed by atoms with van der Waals surface area (Å²) in [5.41, 5.74) is 2.92. The number of aromatic nitrogens is 2. The van der Waals surface area contributed by atoms with Gasteiger partial charge in [-0.3, -0.25) is 0 Å². The van der Waals surface area contributed by atoms with Crippen molar-refractivity contribution in [1.82, 2.24) is 9.97 Å². The number of anilines is 1. The predicted molar refractivity (Wildman–Crippen MR) is 102 cm³/mol. The minimum absolute atomic E-state index is 0.148. The Morgan fingerprint density at radius 1 is 1.04 bits per heavy atom. The predicted octanol–water partition coefficient (Wildman–Crippen LogP) is 3.82. The lowest BCUT2D eigenvalue weighted by molar-refractivity contribution is 0.282. The number of fused-ring (bicyclic) bond motifs is 1. The van der Waals surface area contributed by atoms with Crippen LogP contribution in [0.15, 0.2) is 54.6 Å². The molecule has 4 nitrogen and oxygen atoms in total. The molecule has 1 atom stereocenters. The SMILES string of the molecule is CSCC(CCO)Nc1nc(-c2ccccc2)c2ccccc2n1. The van der Waals surface area contributed by atoms with Crippen molar-refractivity contribution in [2.75, 3.05) is 23.9 Å². The quantitative estimate of drug-likeness (QED) is 0.685. The van der Waals surface area contributed by atoms with Crippen molar-refractivity contribution in [3.05, 3.63) is 54.6 Å². The average molecular weight is 339 g/mol. The fourth-order valence-electron chi connectivity index (χ4n) is 2.69. The van der Waals surface area contributed by atoms with E-state index in [1.165, 1.54) is 0 Å². The van der Waals surface area contributed by atoms with Gasteiger partial charge in [-0.1, -0.05) is 48.5 Å². The van der Waals surface area contributed by atoms with Gasteiger partial charge in [0.15, 0.2) is 0 Å². The summed E-state index contributed by atoms with van der Waals surface area (Å²) >= 11 is 1.74. The van der Waals surface area contributed by atoms with E-state index in [0.29, 0.717) is 12.4 Å². The summed E-state index contributed by atoms with van der Waals surface area (Å²) in [7, 11) is 0. The van der Waals surface area contributed by atoms with Gasteiger partial charge in [-0.15, -0.1) is 0 Å². The first-order valence-corrected chi connectivity index (χ1v) is 9.39. The van der Waals surface area contributed by atoms with Crippen LogP contribution < -0.4 is 5.32 Å². The zero-order valence-corrected chi connectivity index (χ0v) is 14.5. The zero-order chi connectivity index (χ0) is 16.8. The molecule has 1 unspecified atom stereocenters. The Balaban J connectivity index is 2.03. The molecule has 0 saturated carbocycles. The van der Waals surface area contributed by atoms with Crippen molar-refractivity contribution in [3.8, 4) is 11.3 Å². The summed E-state index contributed by atoms with van der Waals surface area (Å²) in [5, 5.41) is 13.7. The average Bonchev–Trinajstić information content (AvgIpc) is 2.62. The van der Waals surface area contributed by atoms with Crippen LogP contribution in [0.2, 0.25) is 0 Å². The Bertz CT molecular complexity index is 789. The molecule has 2 aromatic carbocycles. The molecule has 1 heterocycles. The molecule has 0 spiro atoms. The van der Waals surface area contributed by atoms with Crippen LogP contribution in [-0.2, 0) is 0 Å². The number of thioether (sulfide) groups is 1. The van der Waals surface area contributed by atoms with Crippen LogP contribution in [0.5, 0.6) is 0 Å². The molecule has 1 aromatic heterocycles. The van der Waals surface area contributed by atoms with Gasteiger partial charge in [-0.2, -0.15) is 11.8 Å².